The van der Waals surface area contributed by atoms with Gasteiger partial charge >= 0.3 is 0 Å². The second-order valence-corrected chi connectivity index (χ2v) is 8.53. The number of anilines is 1. The van der Waals surface area contributed by atoms with Gasteiger partial charge in [-0.3, -0.25) is 0 Å². The summed E-state index contributed by atoms with van der Waals surface area (Å²) in [5, 5.41) is 3.13. The van der Waals surface area contributed by atoms with Gasteiger partial charge in [0.25, 0.3) is 0 Å². The van der Waals surface area contributed by atoms with Crippen LogP contribution in [-0.4, -0.2) is 25.3 Å². The van der Waals surface area contributed by atoms with E-state index in [0.29, 0.717) is 23.5 Å². The van der Waals surface area contributed by atoms with Crippen molar-refractivity contribution in [2.45, 2.75) is 50.1 Å². The van der Waals surface area contributed by atoms with Crippen LogP contribution in [0.5, 0.6) is 0 Å². The molecule has 0 aromatic heterocycles. The van der Waals surface area contributed by atoms with Crippen LogP contribution < -0.4 is 5.32 Å². The van der Waals surface area contributed by atoms with Gasteiger partial charge < -0.3 is 5.32 Å². The first kappa shape index (κ1) is 18.9. The van der Waals surface area contributed by atoms with Crippen molar-refractivity contribution < 1.29 is 12.8 Å². The van der Waals surface area contributed by atoms with E-state index in [9.17, 15) is 12.8 Å². The number of nitrogens with zero attached hydrogens (tertiary/aromatic N) is 1. The van der Waals surface area contributed by atoms with Gasteiger partial charge in [-0.2, -0.15) is 4.31 Å². The number of nitrogens with one attached hydrogen (secondary N) is 1. The van der Waals surface area contributed by atoms with Gasteiger partial charge in [0.05, 0.1) is 4.90 Å². The lowest BCUT2D eigenvalue weighted by molar-refractivity contribution is 0.246. The lowest BCUT2D eigenvalue weighted by Crippen LogP contribution is -2.43. The number of hydrogen-bond donors (Lipinski definition) is 1. The SMILES string of the molecule is CCC1CCCCN1S(=O)(=O)c1ccc(NCc2ccccc2F)cc1. The van der Waals surface area contributed by atoms with Crippen molar-refractivity contribution in [1.82, 2.24) is 4.31 Å². The quantitative estimate of drug-likeness (QED) is 0.813. The van der Waals surface area contributed by atoms with Gasteiger partial charge in [-0.25, -0.2) is 12.8 Å². The zero-order valence-corrected chi connectivity index (χ0v) is 15.8. The summed E-state index contributed by atoms with van der Waals surface area (Å²) in [6, 6.07) is 13.4. The van der Waals surface area contributed by atoms with Crippen molar-refractivity contribution in [3.63, 3.8) is 0 Å². The second kappa shape index (κ2) is 8.18. The molecule has 0 radical (unpaired) electrons. The van der Waals surface area contributed by atoms with Gasteiger partial charge in [-0.15, -0.1) is 0 Å². The van der Waals surface area contributed by atoms with Gasteiger partial charge in [0, 0.05) is 30.4 Å². The Morgan fingerprint density at radius 2 is 1.85 bits per heavy atom. The standard InChI is InChI=1S/C20H25FN2O2S/c1-2-18-8-5-6-14-23(18)26(24,25)19-12-10-17(11-13-19)22-15-16-7-3-4-9-20(16)21/h3-4,7,9-13,18,22H,2,5-6,8,14-15H2,1H3. The van der Waals surface area contributed by atoms with Gasteiger partial charge in [-0.05, 0) is 49.6 Å². The molecule has 0 spiro atoms. The summed E-state index contributed by atoms with van der Waals surface area (Å²) in [7, 11) is -3.47. The fourth-order valence-electron chi connectivity index (χ4n) is 3.42. The first-order valence-electron chi connectivity index (χ1n) is 9.11. The van der Waals surface area contributed by atoms with Gasteiger partial charge in [0.2, 0.25) is 10.0 Å². The van der Waals surface area contributed by atoms with E-state index in [1.165, 1.54) is 6.07 Å². The maximum Gasteiger partial charge on any atom is 0.243 e. The molecule has 1 atom stereocenters. The van der Waals surface area contributed by atoms with Crippen LogP contribution in [0.1, 0.15) is 38.2 Å². The molecule has 1 heterocycles. The molecular weight excluding hydrogens is 351 g/mol. The zero-order valence-electron chi connectivity index (χ0n) is 15.0. The minimum Gasteiger partial charge on any atom is -0.381 e. The topological polar surface area (TPSA) is 49.4 Å². The molecule has 0 saturated carbocycles. The minimum atomic E-state index is -3.47. The van der Waals surface area contributed by atoms with Crippen LogP contribution in [0.4, 0.5) is 10.1 Å². The lowest BCUT2D eigenvalue weighted by atomic mass is 10.0. The van der Waals surface area contributed by atoms with Crippen molar-refractivity contribution in [3.05, 3.63) is 59.9 Å². The third-order valence-corrected chi connectivity index (χ3v) is 6.91. The largest absolute Gasteiger partial charge is 0.381 e. The molecular formula is C20H25FN2O2S. The van der Waals surface area contributed by atoms with Crippen LogP contribution in [0.3, 0.4) is 0 Å². The molecule has 0 aliphatic carbocycles. The molecule has 1 unspecified atom stereocenters. The number of halogens is 1. The molecule has 2 aromatic rings. The Morgan fingerprint density at radius 3 is 2.54 bits per heavy atom. The Bertz CT molecular complexity index is 837. The molecule has 4 nitrogen and oxygen atoms in total. The monoisotopic (exact) mass is 376 g/mol. The minimum absolute atomic E-state index is 0.0904. The number of hydrogen-bond acceptors (Lipinski definition) is 3. The molecule has 1 aliphatic rings. The van der Waals surface area contributed by atoms with Crippen molar-refractivity contribution in [3.8, 4) is 0 Å². The van der Waals surface area contributed by atoms with Crippen molar-refractivity contribution in [2.24, 2.45) is 0 Å². The number of rotatable bonds is 6. The fourth-order valence-corrected chi connectivity index (χ4v) is 5.18. The number of sulfonamides is 1. The van der Waals surface area contributed by atoms with Crippen LogP contribution >= 0.6 is 0 Å². The lowest BCUT2D eigenvalue weighted by Gasteiger charge is -2.34. The van der Waals surface area contributed by atoms with Crippen molar-refractivity contribution >= 4 is 15.7 Å². The third-order valence-electron chi connectivity index (χ3n) is 4.95. The summed E-state index contributed by atoms with van der Waals surface area (Å²) >= 11 is 0. The maximum atomic E-state index is 13.7. The van der Waals surface area contributed by atoms with Gasteiger partial charge in [0.15, 0.2) is 0 Å². The summed E-state index contributed by atoms with van der Waals surface area (Å²) in [4.78, 5) is 0.314. The summed E-state index contributed by atoms with van der Waals surface area (Å²) in [6.45, 7) is 2.98. The van der Waals surface area contributed by atoms with Gasteiger partial charge in [-0.1, -0.05) is 31.5 Å². The van der Waals surface area contributed by atoms with Crippen LogP contribution in [0.15, 0.2) is 53.4 Å². The highest BCUT2D eigenvalue weighted by atomic mass is 32.2. The molecule has 1 fully saturated rings. The second-order valence-electron chi connectivity index (χ2n) is 6.64. The first-order valence-corrected chi connectivity index (χ1v) is 10.6. The van der Waals surface area contributed by atoms with E-state index in [-0.39, 0.29) is 11.9 Å². The van der Waals surface area contributed by atoms with Crippen LogP contribution in [0.2, 0.25) is 0 Å². The van der Waals surface area contributed by atoms with E-state index in [4.69, 9.17) is 0 Å². The van der Waals surface area contributed by atoms with Crippen molar-refractivity contribution in [1.29, 1.82) is 0 Å². The summed E-state index contributed by atoms with van der Waals surface area (Å²) < 4.78 is 41.2. The molecule has 1 saturated heterocycles. The summed E-state index contributed by atoms with van der Waals surface area (Å²) in [5.41, 5.74) is 1.33. The average molecular weight is 376 g/mol. The van der Waals surface area contributed by atoms with E-state index < -0.39 is 10.0 Å². The highest BCUT2D eigenvalue weighted by Crippen LogP contribution is 2.27. The summed E-state index contributed by atoms with van der Waals surface area (Å²) in [6.07, 6.45) is 3.76. The van der Waals surface area contributed by atoms with E-state index >= 15 is 0 Å². The highest BCUT2D eigenvalue weighted by Gasteiger charge is 2.32. The number of piperidine rings is 1. The van der Waals surface area contributed by atoms with Crippen LogP contribution in [0.25, 0.3) is 0 Å². The Kier molecular flexibility index (Phi) is 5.94. The first-order chi connectivity index (χ1) is 12.5. The smallest absolute Gasteiger partial charge is 0.243 e. The molecule has 26 heavy (non-hydrogen) atoms. The van der Waals surface area contributed by atoms with Crippen molar-refractivity contribution in [2.75, 3.05) is 11.9 Å². The predicted molar refractivity (Wildman–Crippen MR) is 102 cm³/mol. The van der Waals surface area contributed by atoms with E-state index in [1.807, 2.05) is 6.92 Å². The normalized spacial score (nSPS) is 18.6. The molecule has 0 amide bonds. The molecule has 2 aromatic carbocycles. The fraction of sp³-hybridized carbons (Fsp3) is 0.400. The molecule has 3 rings (SSSR count). The number of benzene rings is 2. The molecule has 6 heteroatoms. The Balaban J connectivity index is 1.71. The molecule has 1 N–H and O–H groups in total. The average Bonchev–Trinajstić information content (AvgIpc) is 2.67. The van der Waals surface area contributed by atoms with Gasteiger partial charge in [0.1, 0.15) is 5.82 Å². The van der Waals surface area contributed by atoms with E-state index in [1.54, 1.807) is 46.8 Å². The Labute approximate surface area is 155 Å². The van der Waals surface area contributed by atoms with Crippen LogP contribution in [-0.2, 0) is 16.6 Å². The zero-order chi connectivity index (χ0) is 18.6. The van der Waals surface area contributed by atoms with E-state index in [2.05, 4.69) is 5.32 Å². The third kappa shape index (κ3) is 4.07. The molecule has 1 aliphatic heterocycles. The Hall–Kier alpha value is -1.92. The predicted octanol–water partition coefficient (Wildman–Crippen LogP) is 4.39. The van der Waals surface area contributed by atoms with E-state index in [0.717, 1.165) is 31.4 Å². The molecule has 140 valence electrons. The molecule has 0 bridgehead atoms. The highest BCUT2D eigenvalue weighted by molar-refractivity contribution is 7.89. The maximum absolute atomic E-state index is 13.7. The van der Waals surface area contributed by atoms with Crippen LogP contribution in [0, 0.1) is 5.82 Å². The summed E-state index contributed by atoms with van der Waals surface area (Å²) in [5.74, 6) is -0.255. The Morgan fingerprint density at radius 1 is 1.12 bits per heavy atom.